The van der Waals surface area contributed by atoms with E-state index in [0.29, 0.717) is 18.3 Å². The Morgan fingerprint density at radius 1 is 1.07 bits per heavy atom. The van der Waals surface area contributed by atoms with Crippen molar-refractivity contribution in [3.05, 3.63) is 58.8 Å². The van der Waals surface area contributed by atoms with Gasteiger partial charge < -0.3 is 10.1 Å². The number of carbonyl (C=O) groups is 2. The van der Waals surface area contributed by atoms with Gasteiger partial charge >= 0.3 is 0 Å². The van der Waals surface area contributed by atoms with Gasteiger partial charge in [-0.1, -0.05) is 18.2 Å². The number of hydrogen-bond acceptors (Lipinski definition) is 4. The predicted molar refractivity (Wildman–Crippen MR) is 106 cm³/mol. The van der Waals surface area contributed by atoms with Crippen LogP contribution in [0.3, 0.4) is 0 Å². The van der Waals surface area contributed by atoms with Crippen molar-refractivity contribution in [3.8, 4) is 5.88 Å². The van der Waals surface area contributed by atoms with Gasteiger partial charge in [0.05, 0.1) is 6.61 Å². The molecule has 4 rings (SSSR count). The summed E-state index contributed by atoms with van der Waals surface area (Å²) in [4.78, 5) is 28.7. The molecule has 2 aromatic rings. The molecule has 1 heterocycles. The summed E-state index contributed by atoms with van der Waals surface area (Å²) in [6.45, 7) is 1.14. The Morgan fingerprint density at radius 3 is 2.71 bits per heavy atom. The number of Topliss-reactive ketones (excluding diaryl/α,β-unsaturated/α-hetero) is 1. The maximum Gasteiger partial charge on any atom is 0.220 e. The van der Waals surface area contributed by atoms with Gasteiger partial charge in [-0.05, 0) is 60.8 Å². The average Bonchev–Trinajstić information content (AvgIpc) is 3.44. The summed E-state index contributed by atoms with van der Waals surface area (Å²) in [5, 5.41) is 2.86. The number of aryl methyl sites for hydroxylation is 2. The topological polar surface area (TPSA) is 68.3 Å². The zero-order valence-corrected chi connectivity index (χ0v) is 16.1. The van der Waals surface area contributed by atoms with E-state index in [1.165, 1.54) is 24.0 Å². The van der Waals surface area contributed by atoms with Crippen LogP contribution in [0.1, 0.15) is 59.2 Å². The van der Waals surface area contributed by atoms with Gasteiger partial charge in [-0.15, -0.1) is 0 Å². The van der Waals surface area contributed by atoms with Crippen molar-refractivity contribution in [2.75, 3.05) is 6.61 Å². The van der Waals surface area contributed by atoms with Gasteiger partial charge in [0, 0.05) is 37.2 Å². The maximum atomic E-state index is 12.4. The number of benzene rings is 1. The van der Waals surface area contributed by atoms with Crippen LogP contribution in [0.5, 0.6) is 5.88 Å². The highest BCUT2D eigenvalue weighted by Crippen LogP contribution is 2.29. The number of carbonyl (C=O) groups excluding carboxylic acids is 2. The number of rotatable bonds is 9. The minimum absolute atomic E-state index is 0.0312. The van der Waals surface area contributed by atoms with Crippen molar-refractivity contribution in [2.24, 2.45) is 5.92 Å². The van der Waals surface area contributed by atoms with Gasteiger partial charge in [0.15, 0.2) is 5.78 Å². The first kappa shape index (κ1) is 18.7. The molecule has 1 saturated carbocycles. The Hall–Kier alpha value is -2.69. The van der Waals surface area contributed by atoms with Gasteiger partial charge in [-0.3, -0.25) is 9.59 Å². The van der Waals surface area contributed by atoms with Crippen LogP contribution >= 0.6 is 0 Å². The van der Waals surface area contributed by atoms with Crippen LogP contribution in [-0.2, 0) is 24.2 Å². The predicted octanol–water partition coefficient (Wildman–Crippen LogP) is 3.64. The molecule has 28 heavy (non-hydrogen) atoms. The first-order valence-corrected chi connectivity index (χ1v) is 10.2. The molecule has 1 fully saturated rings. The number of fused-ring (bicyclic) bond motifs is 1. The molecule has 1 aromatic heterocycles. The molecular formula is C23H26N2O3. The van der Waals surface area contributed by atoms with E-state index in [4.69, 9.17) is 4.74 Å². The summed E-state index contributed by atoms with van der Waals surface area (Å²) >= 11 is 0. The smallest absolute Gasteiger partial charge is 0.220 e. The van der Waals surface area contributed by atoms with E-state index in [1.807, 2.05) is 24.3 Å². The van der Waals surface area contributed by atoms with Crippen molar-refractivity contribution in [1.82, 2.24) is 10.3 Å². The van der Waals surface area contributed by atoms with Gasteiger partial charge in [0.25, 0.3) is 0 Å². The van der Waals surface area contributed by atoms with Crippen LogP contribution in [0.15, 0.2) is 36.5 Å². The molecule has 146 valence electrons. The average molecular weight is 378 g/mol. The van der Waals surface area contributed by atoms with Gasteiger partial charge in [-0.25, -0.2) is 4.98 Å². The van der Waals surface area contributed by atoms with Crippen LogP contribution < -0.4 is 10.1 Å². The van der Waals surface area contributed by atoms with Crippen molar-refractivity contribution >= 4 is 11.7 Å². The molecule has 2 aliphatic carbocycles. The Labute approximate surface area is 165 Å². The Morgan fingerprint density at radius 2 is 1.93 bits per heavy atom. The molecule has 5 heteroatoms. The second-order valence-electron chi connectivity index (χ2n) is 7.80. The maximum absolute atomic E-state index is 12.4. The molecule has 1 N–H and O–H groups in total. The number of pyridine rings is 1. The Bertz CT molecular complexity index is 857. The summed E-state index contributed by atoms with van der Waals surface area (Å²) in [6, 6.07) is 9.69. The molecule has 1 aromatic carbocycles. The zero-order chi connectivity index (χ0) is 19.3. The minimum atomic E-state index is -0.122. The summed E-state index contributed by atoms with van der Waals surface area (Å²) in [7, 11) is 0. The molecule has 5 nitrogen and oxygen atoms in total. The summed E-state index contributed by atoms with van der Waals surface area (Å²) in [6.07, 6.45) is 7.97. The first-order valence-electron chi connectivity index (χ1n) is 10.2. The summed E-state index contributed by atoms with van der Waals surface area (Å²) in [5.74, 6) is 1.23. The van der Waals surface area contributed by atoms with Crippen LogP contribution in [0.2, 0.25) is 0 Å². The van der Waals surface area contributed by atoms with E-state index in [-0.39, 0.29) is 24.5 Å². The van der Waals surface area contributed by atoms with E-state index in [1.54, 1.807) is 6.20 Å². The van der Waals surface area contributed by atoms with Gasteiger partial charge in [0.1, 0.15) is 0 Å². The van der Waals surface area contributed by atoms with Crippen LogP contribution in [0, 0.1) is 5.92 Å². The number of nitrogens with zero attached hydrogens (tertiary/aromatic N) is 1. The van der Waals surface area contributed by atoms with E-state index < -0.39 is 0 Å². The highest BCUT2D eigenvalue weighted by atomic mass is 16.5. The molecule has 0 atom stereocenters. The lowest BCUT2D eigenvalue weighted by molar-refractivity contribution is -0.121. The van der Waals surface area contributed by atoms with E-state index in [0.717, 1.165) is 37.0 Å². The third kappa shape index (κ3) is 4.97. The van der Waals surface area contributed by atoms with E-state index in [9.17, 15) is 9.59 Å². The fraction of sp³-hybridized carbons (Fsp3) is 0.435. The normalized spacial score (nSPS) is 15.1. The number of hydrogen-bond donors (Lipinski definition) is 1. The van der Waals surface area contributed by atoms with Crippen molar-refractivity contribution in [1.29, 1.82) is 0 Å². The van der Waals surface area contributed by atoms with Crippen LogP contribution in [-0.4, -0.2) is 23.3 Å². The van der Waals surface area contributed by atoms with Crippen molar-refractivity contribution < 1.29 is 14.3 Å². The fourth-order valence-corrected chi connectivity index (χ4v) is 3.49. The number of amides is 1. The monoisotopic (exact) mass is 378 g/mol. The molecule has 0 unspecified atom stereocenters. The third-order valence-corrected chi connectivity index (χ3v) is 5.45. The SMILES string of the molecule is O=C(CCC(=O)c1ccc2c(c1)CCC2)NCc1ccc(OCC2CC2)nc1. The summed E-state index contributed by atoms with van der Waals surface area (Å²) in [5.41, 5.74) is 4.27. The fourth-order valence-electron chi connectivity index (χ4n) is 3.49. The molecule has 1 amide bonds. The Kier molecular flexibility index (Phi) is 5.70. The number of aromatic nitrogens is 1. The van der Waals surface area contributed by atoms with Crippen molar-refractivity contribution in [3.63, 3.8) is 0 Å². The number of nitrogens with one attached hydrogen (secondary N) is 1. The quantitative estimate of drug-likeness (QED) is 0.677. The van der Waals surface area contributed by atoms with Gasteiger partial charge in [0.2, 0.25) is 11.8 Å². The molecule has 0 bridgehead atoms. The molecular weight excluding hydrogens is 352 g/mol. The van der Waals surface area contributed by atoms with E-state index in [2.05, 4.69) is 16.4 Å². The number of ether oxygens (including phenoxy) is 1. The highest BCUT2D eigenvalue weighted by Gasteiger charge is 2.22. The molecule has 0 spiro atoms. The minimum Gasteiger partial charge on any atom is -0.477 e. The molecule has 2 aliphatic rings. The lowest BCUT2D eigenvalue weighted by atomic mass is 10.0. The lowest BCUT2D eigenvalue weighted by Crippen LogP contribution is -2.23. The lowest BCUT2D eigenvalue weighted by Gasteiger charge is -2.07. The molecule has 0 saturated heterocycles. The highest BCUT2D eigenvalue weighted by molar-refractivity contribution is 5.98. The van der Waals surface area contributed by atoms with Crippen LogP contribution in [0.25, 0.3) is 0 Å². The first-order chi connectivity index (χ1) is 13.7. The second-order valence-corrected chi connectivity index (χ2v) is 7.80. The molecule has 0 radical (unpaired) electrons. The van der Waals surface area contributed by atoms with Crippen LogP contribution in [0.4, 0.5) is 0 Å². The third-order valence-electron chi connectivity index (χ3n) is 5.45. The standard InChI is InChI=1S/C23H26N2O3/c26-21(20-8-7-18-2-1-3-19(18)12-20)9-10-22(27)24-13-17-6-11-23(25-14-17)28-15-16-4-5-16/h6-8,11-12,14,16H,1-5,9-10,13,15H2,(H,24,27). The van der Waals surface area contributed by atoms with Gasteiger partial charge in [-0.2, -0.15) is 0 Å². The zero-order valence-electron chi connectivity index (χ0n) is 16.1. The Balaban J connectivity index is 1.19. The number of ketones is 1. The van der Waals surface area contributed by atoms with Crippen molar-refractivity contribution in [2.45, 2.75) is 51.5 Å². The second kappa shape index (κ2) is 8.55. The largest absolute Gasteiger partial charge is 0.477 e. The van der Waals surface area contributed by atoms with E-state index >= 15 is 0 Å². The molecule has 0 aliphatic heterocycles. The summed E-state index contributed by atoms with van der Waals surface area (Å²) < 4.78 is 5.61.